The van der Waals surface area contributed by atoms with Crippen LogP contribution in [0.4, 0.5) is 8.78 Å². The summed E-state index contributed by atoms with van der Waals surface area (Å²) in [6, 6.07) is 0. The van der Waals surface area contributed by atoms with Gasteiger partial charge in [0.25, 0.3) is 5.92 Å². The summed E-state index contributed by atoms with van der Waals surface area (Å²) in [5, 5.41) is 20.3. The molecule has 1 aliphatic heterocycles. The number of allylic oxidation sites excluding steroid dienone is 3. The van der Waals surface area contributed by atoms with Crippen LogP contribution in [0.2, 0.25) is 0 Å². The maximum Gasteiger partial charge on any atom is 0.319 e. The molecular weight excluding hydrogens is 460 g/mol. The van der Waals surface area contributed by atoms with Crippen molar-refractivity contribution in [3.05, 3.63) is 26.2 Å². The lowest BCUT2D eigenvalue weighted by atomic mass is 9.89. The Morgan fingerprint density at radius 1 is 1.44 bits per heavy atom. The van der Waals surface area contributed by atoms with E-state index in [1.807, 2.05) is 3.97 Å². The zero-order valence-electron chi connectivity index (χ0n) is 14.9. The Balaban J connectivity index is 1.75. The number of carboxylic acids is 1. The van der Waals surface area contributed by atoms with Crippen molar-refractivity contribution in [1.82, 2.24) is 14.2 Å². The number of carbonyl (C=O) groups is 1. The predicted molar refractivity (Wildman–Crippen MR) is 106 cm³/mol. The van der Waals surface area contributed by atoms with Gasteiger partial charge in [-0.15, -0.1) is 21.3 Å². The molecule has 0 bridgehead atoms. The molecule has 0 spiro atoms. The summed E-state index contributed by atoms with van der Waals surface area (Å²) >= 11 is 3.52. The van der Waals surface area contributed by atoms with Crippen LogP contribution in [-0.4, -0.2) is 35.9 Å². The largest absolute Gasteiger partial charge is 0.480 e. The molecule has 5 nitrogen and oxygen atoms in total. The summed E-state index contributed by atoms with van der Waals surface area (Å²) < 4.78 is 29.5. The SMILES string of the molecule is CC(C)(Sc1nnc(Br)n1[SH]1C=C(C2CC2)C2=C1CCC(F)(F)C2)C(=O)O. The summed E-state index contributed by atoms with van der Waals surface area (Å²) in [5.74, 6) is -3.20. The molecule has 148 valence electrons. The summed E-state index contributed by atoms with van der Waals surface area (Å²) in [4.78, 5) is 12.6. The van der Waals surface area contributed by atoms with Crippen LogP contribution < -0.4 is 0 Å². The molecule has 3 aliphatic rings. The van der Waals surface area contributed by atoms with Gasteiger partial charge in [-0.3, -0.25) is 8.77 Å². The number of alkyl halides is 2. The van der Waals surface area contributed by atoms with Crippen LogP contribution >= 0.6 is 38.8 Å². The van der Waals surface area contributed by atoms with Crippen molar-refractivity contribution in [3.8, 4) is 0 Å². The van der Waals surface area contributed by atoms with Gasteiger partial charge in [-0.2, -0.15) is 0 Å². The fourth-order valence-corrected chi connectivity index (χ4v) is 7.87. The normalized spacial score (nSPS) is 26.1. The first-order valence-corrected chi connectivity index (χ1v) is 11.7. The van der Waals surface area contributed by atoms with Gasteiger partial charge in [-0.25, -0.2) is 8.78 Å². The fourth-order valence-electron chi connectivity index (χ4n) is 3.40. The van der Waals surface area contributed by atoms with Gasteiger partial charge in [-0.1, -0.05) is 11.8 Å². The van der Waals surface area contributed by atoms with Crippen molar-refractivity contribution in [3.63, 3.8) is 0 Å². The number of nitrogens with zero attached hydrogens (tertiary/aromatic N) is 3. The number of hydrogen-bond donors (Lipinski definition) is 2. The lowest BCUT2D eigenvalue weighted by Crippen LogP contribution is -2.27. The molecule has 2 heterocycles. The standard InChI is InChI=1S/C17H20BrF2N3O2S2/c1-16(2,13(24)25)26-15-22-21-14(18)23(15)27-8-11(9-3-4-9)10-7-17(19,20)6-5-12(10)27/h8-9,27H,3-7H2,1-2H3,(H,24,25). The topological polar surface area (TPSA) is 68.0 Å². The average Bonchev–Trinajstić information content (AvgIpc) is 3.26. The van der Waals surface area contributed by atoms with Crippen LogP contribution in [0.15, 0.2) is 31.3 Å². The maximum atomic E-state index is 14.1. The fraction of sp³-hybridized carbons (Fsp3) is 0.588. The van der Waals surface area contributed by atoms with Crippen molar-refractivity contribution < 1.29 is 18.7 Å². The van der Waals surface area contributed by atoms with E-state index in [0.29, 0.717) is 22.2 Å². The van der Waals surface area contributed by atoms with Crippen molar-refractivity contribution >= 4 is 44.7 Å². The molecule has 1 unspecified atom stereocenters. The number of hydrogen-bond acceptors (Lipinski definition) is 4. The van der Waals surface area contributed by atoms with Gasteiger partial charge in [0.2, 0.25) is 9.89 Å². The minimum atomic E-state index is -2.65. The quantitative estimate of drug-likeness (QED) is 0.451. The Kier molecular flexibility index (Phi) is 4.74. The summed E-state index contributed by atoms with van der Waals surface area (Å²) in [6.07, 6.45) is 2.13. The van der Waals surface area contributed by atoms with Gasteiger partial charge in [0.1, 0.15) is 4.75 Å². The third-order valence-electron chi connectivity index (χ3n) is 5.07. The molecule has 1 aromatic heterocycles. The number of carboxylic acid groups (broad SMARTS) is 1. The van der Waals surface area contributed by atoms with E-state index < -0.39 is 27.7 Å². The van der Waals surface area contributed by atoms with Crippen LogP contribution in [0.3, 0.4) is 0 Å². The minimum Gasteiger partial charge on any atom is -0.480 e. The lowest BCUT2D eigenvalue weighted by Gasteiger charge is -2.29. The molecule has 1 fully saturated rings. The monoisotopic (exact) mass is 479 g/mol. The highest BCUT2D eigenvalue weighted by atomic mass is 79.9. The molecule has 1 aromatic rings. The third kappa shape index (κ3) is 3.60. The molecule has 1 saturated carbocycles. The number of halogens is 3. The highest BCUT2D eigenvalue weighted by Gasteiger charge is 2.44. The third-order valence-corrected chi connectivity index (χ3v) is 9.50. The van der Waals surface area contributed by atoms with Crippen LogP contribution in [0.25, 0.3) is 0 Å². The maximum absolute atomic E-state index is 14.1. The van der Waals surface area contributed by atoms with E-state index in [-0.39, 0.29) is 12.8 Å². The predicted octanol–water partition coefficient (Wildman–Crippen LogP) is 5.14. The Labute approximate surface area is 171 Å². The van der Waals surface area contributed by atoms with E-state index >= 15 is 0 Å². The van der Waals surface area contributed by atoms with E-state index in [9.17, 15) is 18.7 Å². The van der Waals surface area contributed by atoms with Crippen molar-refractivity contribution in [2.24, 2.45) is 5.92 Å². The Bertz CT molecular complexity index is 878. The molecule has 2 aliphatic carbocycles. The van der Waals surface area contributed by atoms with Crippen LogP contribution in [-0.2, 0) is 4.79 Å². The molecule has 0 saturated heterocycles. The second-order valence-electron chi connectivity index (χ2n) is 7.64. The molecule has 1 atom stereocenters. The molecule has 1 N–H and O–H groups in total. The highest BCUT2D eigenvalue weighted by molar-refractivity contribution is 9.10. The van der Waals surface area contributed by atoms with Crippen LogP contribution in [0.1, 0.15) is 46.0 Å². The number of aliphatic carboxylic acids is 1. The number of aromatic nitrogens is 3. The van der Waals surface area contributed by atoms with Crippen molar-refractivity contribution in [2.75, 3.05) is 0 Å². The Morgan fingerprint density at radius 2 is 2.15 bits per heavy atom. The first-order chi connectivity index (χ1) is 12.6. The number of rotatable bonds is 5. The Morgan fingerprint density at radius 3 is 2.78 bits per heavy atom. The number of thiol groups is 1. The summed E-state index contributed by atoms with van der Waals surface area (Å²) in [6.45, 7) is 3.23. The first-order valence-electron chi connectivity index (χ1n) is 8.74. The van der Waals surface area contributed by atoms with Crippen LogP contribution in [0.5, 0.6) is 0 Å². The van der Waals surface area contributed by atoms with E-state index in [1.165, 1.54) is 0 Å². The first kappa shape index (κ1) is 19.4. The minimum absolute atomic E-state index is 0.140. The van der Waals surface area contributed by atoms with Gasteiger partial charge in [0.15, 0.2) is 0 Å². The molecule has 4 rings (SSSR count). The molecule has 10 heteroatoms. The summed E-state index contributed by atoms with van der Waals surface area (Å²) in [7, 11) is 0. The second kappa shape index (κ2) is 6.59. The average molecular weight is 480 g/mol. The molecule has 0 aromatic carbocycles. The van der Waals surface area contributed by atoms with Gasteiger partial charge < -0.3 is 5.11 Å². The van der Waals surface area contributed by atoms with Crippen molar-refractivity contribution in [2.45, 2.75) is 61.8 Å². The zero-order valence-corrected chi connectivity index (χ0v) is 18.2. The highest BCUT2D eigenvalue weighted by Crippen LogP contribution is 2.61. The van der Waals surface area contributed by atoms with E-state index in [1.54, 1.807) is 13.8 Å². The van der Waals surface area contributed by atoms with Gasteiger partial charge >= 0.3 is 5.97 Å². The van der Waals surface area contributed by atoms with Gasteiger partial charge in [-0.05, 0) is 76.4 Å². The lowest BCUT2D eigenvalue weighted by molar-refractivity contribution is -0.138. The summed E-state index contributed by atoms with van der Waals surface area (Å²) in [5.41, 5.74) is 1.90. The van der Waals surface area contributed by atoms with Crippen molar-refractivity contribution in [1.29, 1.82) is 0 Å². The van der Waals surface area contributed by atoms with Crippen LogP contribution in [0, 0.1) is 5.92 Å². The van der Waals surface area contributed by atoms with E-state index in [0.717, 1.165) is 40.7 Å². The molecule has 0 radical (unpaired) electrons. The molecule has 0 amide bonds. The Hall–Kier alpha value is -0.870. The molecule has 27 heavy (non-hydrogen) atoms. The molecular formula is C17H20BrF2N3O2S2. The van der Waals surface area contributed by atoms with Gasteiger partial charge in [0.05, 0.1) is 0 Å². The van der Waals surface area contributed by atoms with Gasteiger partial charge in [0, 0.05) is 12.8 Å². The number of thioether (sulfide) groups is 1. The zero-order chi connectivity index (χ0) is 19.6. The smallest absolute Gasteiger partial charge is 0.319 e. The van der Waals surface area contributed by atoms with E-state index in [2.05, 4.69) is 31.5 Å². The second-order valence-corrected chi connectivity index (χ2v) is 11.8. The van der Waals surface area contributed by atoms with E-state index in [4.69, 9.17) is 0 Å².